The lowest BCUT2D eigenvalue weighted by Crippen LogP contribution is -2.33. The molecule has 10 heteroatoms. The first-order valence-corrected chi connectivity index (χ1v) is 9.26. The van der Waals surface area contributed by atoms with E-state index in [2.05, 4.69) is 0 Å². The lowest BCUT2D eigenvalue weighted by Gasteiger charge is -2.09. The van der Waals surface area contributed by atoms with Crippen LogP contribution in [-0.4, -0.2) is 52.8 Å². The summed E-state index contributed by atoms with van der Waals surface area (Å²) in [7, 11) is 0. The van der Waals surface area contributed by atoms with E-state index in [0.29, 0.717) is 31.5 Å². The molecule has 1 heterocycles. The third-order valence-corrected chi connectivity index (χ3v) is 4.82. The van der Waals surface area contributed by atoms with Gasteiger partial charge < -0.3 is 14.6 Å². The number of nitrogens with zero attached hydrogens (tertiary/aromatic N) is 1. The topological polar surface area (TPSA) is 110 Å². The first-order chi connectivity index (χ1) is 12.3. The van der Waals surface area contributed by atoms with E-state index in [9.17, 15) is 19.2 Å². The van der Waals surface area contributed by atoms with Crippen LogP contribution in [0.3, 0.4) is 0 Å². The summed E-state index contributed by atoms with van der Waals surface area (Å²) in [4.78, 5) is 46.7. The van der Waals surface area contributed by atoms with Gasteiger partial charge in [-0.2, -0.15) is 0 Å². The van der Waals surface area contributed by atoms with Gasteiger partial charge in [-0.1, -0.05) is 6.07 Å². The number of rotatable bonds is 7. The van der Waals surface area contributed by atoms with Gasteiger partial charge in [0.15, 0.2) is 6.61 Å². The molecule has 1 fully saturated rings. The molecule has 0 unspecified atom stereocenters. The Bertz CT molecular complexity index is 793. The van der Waals surface area contributed by atoms with Crippen LogP contribution in [0.2, 0.25) is 0 Å². The molecule has 2 rings (SSSR count). The number of halogens is 1. The van der Waals surface area contributed by atoms with Crippen LogP contribution in [0, 0.1) is 3.57 Å². The summed E-state index contributed by atoms with van der Waals surface area (Å²) < 4.78 is 10.9. The van der Waals surface area contributed by atoms with E-state index in [1.807, 2.05) is 22.6 Å². The van der Waals surface area contributed by atoms with Crippen molar-refractivity contribution in [1.82, 2.24) is 4.90 Å². The second kappa shape index (κ2) is 9.03. The molecule has 0 spiro atoms. The maximum absolute atomic E-state index is 12.1. The molecule has 1 aliphatic rings. The lowest BCUT2D eigenvalue weighted by molar-refractivity contribution is -0.145. The monoisotopic (exact) mass is 491 g/mol. The number of carboxylic acids is 1. The molecular formula is C16H14INO7S. The van der Waals surface area contributed by atoms with Crippen molar-refractivity contribution in [1.29, 1.82) is 0 Å². The van der Waals surface area contributed by atoms with E-state index in [4.69, 9.17) is 14.6 Å². The highest BCUT2D eigenvalue weighted by atomic mass is 127. The van der Waals surface area contributed by atoms with Gasteiger partial charge in [-0.05, 0) is 65.0 Å². The Labute approximate surface area is 166 Å². The molecular weight excluding hydrogens is 477 g/mol. The molecule has 2 amide bonds. The standard InChI is InChI=1S/C16H14INO7S/c1-2-24-14(21)8-25-11-4-3-9(5-10(11)17)6-12-15(22)18(7-13(19)20)16(23)26-12/h3-6H,2,7-8H2,1H3,(H,19,20)/b12-6+. The number of hydrogen-bond acceptors (Lipinski definition) is 7. The van der Waals surface area contributed by atoms with E-state index in [0.717, 1.165) is 0 Å². The molecule has 0 radical (unpaired) electrons. The van der Waals surface area contributed by atoms with Crippen LogP contribution in [-0.2, 0) is 19.1 Å². The number of ether oxygens (including phenoxy) is 2. The van der Waals surface area contributed by atoms with Crippen LogP contribution in [0.25, 0.3) is 6.08 Å². The summed E-state index contributed by atoms with van der Waals surface area (Å²) in [6.45, 7) is 1.10. The van der Waals surface area contributed by atoms with Crippen LogP contribution in [0.15, 0.2) is 23.1 Å². The Morgan fingerprint density at radius 1 is 1.35 bits per heavy atom. The first-order valence-electron chi connectivity index (χ1n) is 7.37. The van der Waals surface area contributed by atoms with Crippen LogP contribution < -0.4 is 4.74 Å². The van der Waals surface area contributed by atoms with Gasteiger partial charge in [-0.3, -0.25) is 19.3 Å². The summed E-state index contributed by atoms with van der Waals surface area (Å²) in [5.41, 5.74) is 0.638. The number of amides is 2. The van der Waals surface area contributed by atoms with Crippen molar-refractivity contribution in [3.05, 3.63) is 32.2 Å². The highest BCUT2D eigenvalue weighted by Gasteiger charge is 2.36. The molecule has 0 saturated carbocycles. The Morgan fingerprint density at radius 2 is 2.08 bits per heavy atom. The van der Waals surface area contributed by atoms with Gasteiger partial charge in [0.05, 0.1) is 15.1 Å². The van der Waals surface area contributed by atoms with Gasteiger partial charge in [-0.25, -0.2) is 4.79 Å². The zero-order valence-corrected chi connectivity index (χ0v) is 16.5. The number of carbonyl (C=O) groups excluding carboxylic acids is 3. The minimum absolute atomic E-state index is 0.146. The number of carboxylic acid groups (broad SMARTS) is 1. The largest absolute Gasteiger partial charge is 0.481 e. The highest BCUT2D eigenvalue weighted by Crippen LogP contribution is 2.33. The molecule has 0 aliphatic carbocycles. The van der Waals surface area contributed by atoms with E-state index >= 15 is 0 Å². The number of benzene rings is 1. The molecule has 1 aromatic rings. The zero-order valence-electron chi connectivity index (χ0n) is 13.6. The number of imide groups is 1. The van der Waals surface area contributed by atoms with Gasteiger partial charge >= 0.3 is 11.9 Å². The third kappa shape index (κ3) is 5.21. The Kier molecular flexibility index (Phi) is 7.03. The quantitative estimate of drug-likeness (QED) is 0.352. The van der Waals surface area contributed by atoms with Crippen molar-refractivity contribution in [3.8, 4) is 5.75 Å². The fourth-order valence-corrected chi connectivity index (χ4v) is 3.52. The van der Waals surface area contributed by atoms with Gasteiger partial charge in [0, 0.05) is 0 Å². The maximum Gasteiger partial charge on any atom is 0.344 e. The summed E-state index contributed by atoms with van der Waals surface area (Å²) in [6.07, 6.45) is 1.50. The molecule has 138 valence electrons. The molecule has 1 aliphatic heterocycles. The van der Waals surface area contributed by atoms with Crippen molar-refractivity contribution in [3.63, 3.8) is 0 Å². The molecule has 1 aromatic carbocycles. The summed E-state index contributed by atoms with van der Waals surface area (Å²) in [5, 5.41) is 8.14. The van der Waals surface area contributed by atoms with Crippen molar-refractivity contribution in [2.75, 3.05) is 19.8 Å². The van der Waals surface area contributed by atoms with Crippen LogP contribution in [0.4, 0.5) is 4.79 Å². The normalized spacial score (nSPS) is 15.5. The van der Waals surface area contributed by atoms with E-state index in [-0.39, 0.29) is 18.1 Å². The summed E-state index contributed by atoms with van der Waals surface area (Å²) >= 11 is 2.71. The molecule has 26 heavy (non-hydrogen) atoms. The number of aliphatic carboxylic acids is 1. The van der Waals surface area contributed by atoms with Crippen molar-refractivity contribution < 1.29 is 33.8 Å². The van der Waals surface area contributed by atoms with Gasteiger partial charge in [0.1, 0.15) is 12.3 Å². The van der Waals surface area contributed by atoms with Crippen LogP contribution in [0.5, 0.6) is 5.75 Å². The fourth-order valence-electron chi connectivity index (χ4n) is 1.99. The van der Waals surface area contributed by atoms with Crippen LogP contribution >= 0.6 is 34.4 Å². The summed E-state index contributed by atoms with van der Waals surface area (Å²) in [5.74, 6) is -1.89. The summed E-state index contributed by atoms with van der Waals surface area (Å²) in [6, 6.07) is 5.01. The fraction of sp³-hybridized carbons (Fsp3) is 0.250. The van der Waals surface area contributed by atoms with E-state index in [1.54, 1.807) is 25.1 Å². The van der Waals surface area contributed by atoms with Crippen molar-refractivity contribution >= 4 is 63.5 Å². The second-order valence-electron chi connectivity index (χ2n) is 4.95. The zero-order chi connectivity index (χ0) is 19.3. The first kappa shape index (κ1) is 20.2. The average Bonchev–Trinajstić information content (AvgIpc) is 2.81. The highest BCUT2D eigenvalue weighted by molar-refractivity contribution is 14.1. The van der Waals surface area contributed by atoms with Crippen LogP contribution in [0.1, 0.15) is 12.5 Å². The second-order valence-corrected chi connectivity index (χ2v) is 7.10. The molecule has 1 saturated heterocycles. The number of thioether (sulfide) groups is 1. The molecule has 0 atom stereocenters. The smallest absolute Gasteiger partial charge is 0.344 e. The number of hydrogen-bond donors (Lipinski definition) is 1. The predicted octanol–water partition coefficient (Wildman–Crippen LogP) is 2.35. The molecule has 0 aromatic heterocycles. The lowest BCUT2D eigenvalue weighted by atomic mass is 10.2. The van der Waals surface area contributed by atoms with E-state index in [1.165, 1.54) is 6.08 Å². The Hall–Kier alpha value is -2.08. The molecule has 8 nitrogen and oxygen atoms in total. The molecule has 1 N–H and O–H groups in total. The Balaban J connectivity index is 2.10. The number of esters is 1. The minimum Gasteiger partial charge on any atom is -0.481 e. The molecule has 0 bridgehead atoms. The average molecular weight is 491 g/mol. The number of carbonyl (C=O) groups is 4. The van der Waals surface area contributed by atoms with Crippen molar-refractivity contribution in [2.45, 2.75) is 6.92 Å². The Morgan fingerprint density at radius 3 is 2.69 bits per heavy atom. The van der Waals surface area contributed by atoms with Gasteiger partial charge in [0.2, 0.25) is 0 Å². The predicted molar refractivity (Wildman–Crippen MR) is 102 cm³/mol. The van der Waals surface area contributed by atoms with Crippen molar-refractivity contribution in [2.24, 2.45) is 0 Å². The third-order valence-electron chi connectivity index (χ3n) is 3.07. The van der Waals surface area contributed by atoms with Gasteiger partial charge in [0.25, 0.3) is 11.1 Å². The van der Waals surface area contributed by atoms with Gasteiger partial charge in [-0.15, -0.1) is 0 Å². The maximum atomic E-state index is 12.1. The minimum atomic E-state index is -1.26. The SMILES string of the molecule is CCOC(=O)COc1ccc(/C=C2/SC(=O)N(CC(=O)O)C2=O)cc1I. The van der Waals surface area contributed by atoms with E-state index < -0.39 is 29.6 Å².